The van der Waals surface area contributed by atoms with E-state index < -0.39 is 9.84 Å². The molecule has 3 atom stereocenters. The van der Waals surface area contributed by atoms with Gasteiger partial charge in [-0.25, -0.2) is 22.8 Å². The number of aromatic nitrogens is 2. The third kappa shape index (κ3) is 7.10. The summed E-state index contributed by atoms with van der Waals surface area (Å²) in [5.74, 6) is 0.0576. The fraction of sp³-hybridized carbons (Fsp3) is 0.586. The van der Waals surface area contributed by atoms with E-state index >= 15 is 0 Å². The molecule has 41 heavy (non-hydrogen) atoms. The van der Waals surface area contributed by atoms with Crippen LogP contribution in [0, 0.1) is 37.4 Å². The number of likely N-dealkylation sites (tertiary alicyclic amines) is 2. The maximum atomic E-state index is 14.1. The van der Waals surface area contributed by atoms with Crippen LogP contribution in [0.2, 0.25) is 0 Å². The zero-order chi connectivity index (χ0) is 29.3. The number of hydrogen-bond donors (Lipinski definition) is 2. The predicted octanol–water partition coefficient (Wildman–Crippen LogP) is 1.85. The highest BCUT2D eigenvalue weighted by molar-refractivity contribution is 7.90. The lowest BCUT2D eigenvalue weighted by atomic mass is 9.79. The number of aryl methyl sites for hydroxylation is 2. The molecule has 2 N–H and O–H groups in total. The molecule has 12 heteroatoms. The van der Waals surface area contributed by atoms with Crippen molar-refractivity contribution in [1.82, 2.24) is 30.4 Å². The molecule has 222 valence electrons. The van der Waals surface area contributed by atoms with E-state index in [1.165, 1.54) is 24.7 Å². The molecule has 5 rings (SSSR count). The summed E-state index contributed by atoms with van der Waals surface area (Å²) in [4.78, 5) is 39.0. The van der Waals surface area contributed by atoms with Crippen LogP contribution in [0.1, 0.15) is 52.6 Å². The molecular weight excluding hydrogens is 547 g/mol. The van der Waals surface area contributed by atoms with Gasteiger partial charge in [0, 0.05) is 50.9 Å². The largest absolute Gasteiger partial charge is 0.349 e. The van der Waals surface area contributed by atoms with Gasteiger partial charge < -0.3 is 20.4 Å². The lowest BCUT2D eigenvalue weighted by molar-refractivity contribution is -0.129. The molecule has 3 heterocycles. The second-order valence-corrected chi connectivity index (χ2v) is 14.1. The minimum absolute atomic E-state index is 0.000169. The van der Waals surface area contributed by atoms with Crippen molar-refractivity contribution in [2.24, 2.45) is 17.8 Å². The zero-order valence-electron chi connectivity index (χ0n) is 23.8. The number of amides is 2. The van der Waals surface area contributed by atoms with Crippen molar-refractivity contribution in [3.63, 3.8) is 0 Å². The zero-order valence-corrected chi connectivity index (χ0v) is 24.7. The van der Waals surface area contributed by atoms with E-state index in [2.05, 4.69) is 25.5 Å². The van der Waals surface area contributed by atoms with Gasteiger partial charge in [-0.05, 0) is 62.6 Å². The molecule has 10 nitrogen and oxygen atoms in total. The molecular formula is C29H39FN6O4S. The highest BCUT2D eigenvalue weighted by Gasteiger charge is 2.42. The first-order valence-electron chi connectivity index (χ1n) is 14.2. The maximum absolute atomic E-state index is 14.1. The molecule has 2 aliphatic heterocycles. The molecule has 2 saturated heterocycles. The lowest BCUT2D eigenvalue weighted by Crippen LogP contribution is -2.49. The summed E-state index contributed by atoms with van der Waals surface area (Å²) in [5.41, 5.74) is 2.74. The lowest BCUT2D eigenvalue weighted by Gasteiger charge is -2.36. The summed E-state index contributed by atoms with van der Waals surface area (Å²) in [5, 5.41) is 6.13. The summed E-state index contributed by atoms with van der Waals surface area (Å²) in [6.07, 6.45) is 4.46. The molecule has 3 fully saturated rings. The first-order chi connectivity index (χ1) is 19.5. The maximum Gasteiger partial charge on any atom is 0.257 e. The summed E-state index contributed by atoms with van der Waals surface area (Å²) < 4.78 is 36.9. The van der Waals surface area contributed by atoms with Crippen LogP contribution in [0.25, 0.3) is 0 Å². The SMILES string of the molecule is Cc1ncnc(C)c1C(=O)N1CC2CN(CCC(NC(=O)C3CC(NCS(C)(=O)=O)C3)c3cccc(F)c3)CC2C1. The molecule has 3 aliphatic rings. The van der Waals surface area contributed by atoms with Crippen molar-refractivity contribution in [2.75, 3.05) is 44.9 Å². The Hall–Kier alpha value is -2.96. The second-order valence-electron chi connectivity index (χ2n) is 12.0. The van der Waals surface area contributed by atoms with Crippen LogP contribution in [0.15, 0.2) is 30.6 Å². The van der Waals surface area contributed by atoms with Crippen LogP contribution in [0.4, 0.5) is 4.39 Å². The minimum atomic E-state index is -3.11. The Bertz CT molecular complexity index is 1370. The van der Waals surface area contributed by atoms with E-state index in [1.54, 1.807) is 6.07 Å². The van der Waals surface area contributed by atoms with Crippen LogP contribution in [0.5, 0.6) is 0 Å². The van der Waals surface area contributed by atoms with Crippen molar-refractivity contribution in [3.8, 4) is 0 Å². The van der Waals surface area contributed by atoms with Gasteiger partial charge >= 0.3 is 0 Å². The summed E-state index contributed by atoms with van der Waals surface area (Å²) in [6.45, 7) is 7.58. The number of hydrogen-bond acceptors (Lipinski definition) is 8. The topological polar surface area (TPSA) is 125 Å². The highest BCUT2D eigenvalue weighted by Crippen LogP contribution is 2.34. The van der Waals surface area contributed by atoms with Gasteiger partial charge in [-0.1, -0.05) is 12.1 Å². The summed E-state index contributed by atoms with van der Waals surface area (Å²) in [6, 6.07) is 6.04. The number of benzene rings is 1. The average Bonchev–Trinajstić information content (AvgIpc) is 3.44. The molecule has 1 aromatic heterocycles. The smallest absolute Gasteiger partial charge is 0.257 e. The molecule has 1 aromatic carbocycles. The number of nitrogens with zero attached hydrogens (tertiary/aromatic N) is 4. The second kappa shape index (κ2) is 12.1. The van der Waals surface area contributed by atoms with Crippen LogP contribution >= 0.6 is 0 Å². The summed E-state index contributed by atoms with van der Waals surface area (Å²) >= 11 is 0. The third-order valence-electron chi connectivity index (χ3n) is 8.73. The van der Waals surface area contributed by atoms with Gasteiger partial charge in [-0.2, -0.15) is 0 Å². The average molecular weight is 587 g/mol. The minimum Gasteiger partial charge on any atom is -0.349 e. The van der Waals surface area contributed by atoms with E-state index in [-0.39, 0.29) is 41.5 Å². The Morgan fingerprint density at radius 3 is 2.34 bits per heavy atom. The van der Waals surface area contributed by atoms with Gasteiger partial charge in [-0.3, -0.25) is 9.59 Å². The van der Waals surface area contributed by atoms with Crippen molar-refractivity contribution in [1.29, 1.82) is 0 Å². The van der Waals surface area contributed by atoms with Crippen LogP contribution in [-0.2, 0) is 14.6 Å². The van der Waals surface area contributed by atoms with Gasteiger partial charge in [-0.15, -0.1) is 0 Å². The van der Waals surface area contributed by atoms with Crippen molar-refractivity contribution in [2.45, 2.75) is 45.2 Å². The van der Waals surface area contributed by atoms with Crippen LogP contribution in [-0.4, -0.2) is 90.9 Å². The first-order valence-corrected chi connectivity index (χ1v) is 16.3. The fourth-order valence-electron chi connectivity index (χ4n) is 6.41. The van der Waals surface area contributed by atoms with Gasteiger partial charge in [0.05, 0.1) is 28.9 Å². The van der Waals surface area contributed by atoms with Gasteiger partial charge in [0.2, 0.25) is 5.91 Å². The van der Waals surface area contributed by atoms with Crippen LogP contribution < -0.4 is 10.6 Å². The molecule has 3 unspecified atom stereocenters. The number of carbonyl (C=O) groups is 2. The van der Waals surface area contributed by atoms with E-state index in [0.717, 1.165) is 25.2 Å². The Morgan fingerprint density at radius 2 is 1.73 bits per heavy atom. The quantitative estimate of drug-likeness (QED) is 0.432. The number of nitrogens with one attached hydrogen (secondary N) is 2. The molecule has 1 saturated carbocycles. The van der Waals surface area contributed by atoms with Crippen LogP contribution in [0.3, 0.4) is 0 Å². The molecule has 2 amide bonds. The Labute approximate surface area is 241 Å². The van der Waals surface area contributed by atoms with Gasteiger partial charge in [0.25, 0.3) is 5.91 Å². The van der Waals surface area contributed by atoms with E-state index in [1.807, 2.05) is 24.8 Å². The van der Waals surface area contributed by atoms with E-state index in [0.29, 0.717) is 61.1 Å². The first kappa shape index (κ1) is 29.5. The molecule has 0 spiro atoms. The standard InChI is InChI=1S/C29H39FN6O4S/c1-18-27(19(2)32-16-31-18)29(38)36-14-22-12-35(13-23(22)15-36)8-7-26(20-5-4-6-24(30)9-20)34-28(37)21-10-25(11-21)33-17-41(3,39)40/h4-6,9,16,21-23,25-26,33H,7-8,10-15,17H2,1-3H3,(H,34,37). The van der Waals surface area contributed by atoms with E-state index in [9.17, 15) is 22.4 Å². The number of sulfone groups is 1. The molecule has 1 aliphatic carbocycles. The highest BCUT2D eigenvalue weighted by atomic mass is 32.2. The molecule has 2 aromatic rings. The number of carbonyl (C=O) groups excluding carboxylic acids is 2. The normalized spacial score (nSPS) is 25.0. The summed E-state index contributed by atoms with van der Waals surface area (Å²) in [7, 11) is -3.11. The van der Waals surface area contributed by atoms with Crippen molar-refractivity contribution >= 4 is 21.7 Å². The number of fused-ring (bicyclic) bond motifs is 1. The Kier molecular flexibility index (Phi) is 8.72. The molecule has 0 bridgehead atoms. The number of rotatable bonds is 10. The molecule has 0 radical (unpaired) electrons. The Morgan fingerprint density at radius 1 is 1.07 bits per heavy atom. The van der Waals surface area contributed by atoms with Gasteiger partial charge in [0.15, 0.2) is 9.84 Å². The Balaban J connectivity index is 1.14. The third-order valence-corrected chi connectivity index (χ3v) is 9.42. The number of halogens is 1. The fourth-order valence-corrected chi connectivity index (χ4v) is 6.95. The van der Waals surface area contributed by atoms with E-state index in [4.69, 9.17) is 0 Å². The van der Waals surface area contributed by atoms with Crippen molar-refractivity contribution < 1.29 is 22.4 Å². The van der Waals surface area contributed by atoms with Gasteiger partial charge in [0.1, 0.15) is 12.1 Å². The predicted molar refractivity (Wildman–Crippen MR) is 152 cm³/mol. The van der Waals surface area contributed by atoms with Crippen molar-refractivity contribution in [3.05, 3.63) is 58.9 Å². The monoisotopic (exact) mass is 586 g/mol.